The van der Waals surface area contributed by atoms with Gasteiger partial charge in [-0.15, -0.1) is 0 Å². The Balaban J connectivity index is -0.0000000320. The number of carboxylic acids is 2. The van der Waals surface area contributed by atoms with Crippen LogP contribution in [0.2, 0.25) is 0 Å². The zero-order valence-electron chi connectivity index (χ0n) is 7.98. The Morgan fingerprint density at radius 1 is 1.00 bits per heavy atom. The van der Waals surface area contributed by atoms with Crippen LogP contribution in [0.25, 0.3) is 0 Å². The van der Waals surface area contributed by atoms with Crippen molar-refractivity contribution in [3.63, 3.8) is 0 Å². The molecule has 0 rings (SSSR count). The summed E-state index contributed by atoms with van der Waals surface area (Å²) in [4.78, 5) is 19.4. The summed E-state index contributed by atoms with van der Waals surface area (Å²) in [6.45, 7) is 0. The summed E-state index contributed by atoms with van der Waals surface area (Å²) in [5, 5.41) is 24.1. The van der Waals surface area contributed by atoms with Gasteiger partial charge in [-0.05, 0) is 0 Å². The number of aliphatic hydroxyl groups is 1. The van der Waals surface area contributed by atoms with Gasteiger partial charge in [-0.1, -0.05) is 0 Å². The zero-order chi connectivity index (χ0) is 7.44. The summed E-state index contributed by atoms with van der Waals surface area (Å²) in [7, 11) is 0. The van der Waals surface area contributed by atoms with Gasteiger partial charge in [0.15, 0.2) is 6.10 Å². The first-order chi connectivity index (χ1) is 4.04. The van der Waals surface area contributed by atoms with Crippen molar-refractivity contribution in [2.75, 3.05) is 0 Å². The van der Waals surface area contributed by atoms with E-state index in [1.54, 1.807) is 0 Å². The van der Waals surface area contributed by atoms with Crippen molar-refractivity contribution in [2.24, 2.45) is 0 Å². The Morgan fingerprint density at radius 3 is 1.36 bits per heavy atom. The number of carboxylic acid groups (broad SMARTS) is 2. The van der Waals surface area contributed by atoms with Gasteiger partial charge in [-0.2, -0.15) is 0 Å². The summed E-state index contributed by atoms with van der Waals surface area (Å²) in [5.74, 6) is -2.85. The Hall–Kier alpha value is -0.637. The molecule has 9 nitrogen and oxygen atoms in total. The Kier molecular flexibility index (Phi) is 49.0. The van der Waals surface area contributed by atoms with E-state index in [1.807, 2.05) is 0 Å². The van der Waals surface area contributed by atoms with Crippen molar-refractivity contribution >= 4 is 11.9 Å². The summed E-state index contributed by atoms with van der Waals surface area (Å²) in [6, 6.07) is 0. The van der Waals surface area contributed by atoms with E-state index in [1.165, 1.54) is 0 Å². The van der Waals surface area contributed by atoms with Crippen LogP contribution in [-0.2, 0) is 29.1 Å². The molecule has 10 heteroatoms. The molecule has 15 N–H and O–H groups in total. The maximum Gasteiger partial charge on any atom is 0.333 e. The van der Waals surface area contributed by atoms with E-state index in [0.29, 0.717) is 0 Å². The fourth-order valence-electron chi connectivity index (χ4n) is 0.253. The fraction of sp³-hybridized carbons (Fsp3) is 0.500. The van der Waals surface area contributed by atoms with Crippen molar-refractivity contribution in [1.82, 2.24) is 24.6 Å². The minimum atomic E-state index is -1.79. The third-order valence-corrected chi connectivity index (χ3v) is 0.653. The monoisotopic (exact) mass is 266 g/mol. The molecule has 0 aromatic heterocycles. The van der Waals surface area contributed by atoms with Crippen LogP contribution in [0.15, 0.2) is 0 Å². The van der Waals surface area contributed by atoms with E-state index >= 15 is 0 Å². The molecule has 0 amide bonds. The van der Waals surface area contributed by atoms with Crippen LogP contribution in [0, 0.1) is 0 Å². The molecule has 0 bridgehead atoms. The molecule has 0 aliphatic rings. The van der Waals surface area contributed by atoms with Crippen LogP contribution in [0.5, 0.6) is 0 Å². The van der Waals surface area contributed by atoms with E-state index < -0.39 is 24.5 Å². The Bertz CT molecular complexity index is 146. The number of rotatable bonds is 3. The molecule has 0 aromatic carbocycles. The minimum absolute atomic E-state index is 0. The molecule has 1 unspecified atom stereocenters. The van der Waals surface area contributed by atoms with Crippen LogP contribution in [-0.4, -0.2) is 33.4 Å². The molecular formula is C4H18N4O5Zn. The minimum Gasteiger partial charge on any atom is -0.481 e. The van der Waals surface area contributed by atoms with Gasteiger partial charge in [0.2, 0.25) is 0 Å². The number of aliphatic hydroxyl groups excluding tert-OH is 1. The summed E-state index contributed by atoms with van der Waals surface area (Å²) in [6.07, 6.45) is -2.54. The number of hydrogen-bond donors (Lipinski definition) is 7. The number of aliphatic carboxylic acids is 2. The van der Waals surface area contributed by atoms with Crippen molar-refractivity contribution in [3.05, 3.63) is 0 Å². The molecule has 0 aromatic rings. The van der Waals surface area contributed by atoms with E-state index in [2.05, 4.69) is 0 Å². The predicted octanol–water partition coefficient (Wildman–Crippen LogP) is -0.448. The van der Waals surface area contributed by atoms with Gasteiger partial charge < -0.3 is 39.9 Å². The molecule has 0 radical (unpaired) electrons. The van der Waals surface area contributed by atoms with Crippen LogP contribution in [0.1, 0.15) is 6.42 Å². The average molecular weight is 268 g/mol. The number of carbonyl (C=O) groups is 2. The predicted molar refractivity (Wildman–Crippen MR) is 46.0 cm³/mol. The molecule has 1 atom stereocenters. The van der Waals surface area contributed by atoms with Gasteiger partial charge in [0.1, 0.15) is 0 Å². The van der Waals surface area contributed by atoms with Crippen molar-refractivity contribution < 1.29 is 44.4 Å². The first kappa shape index (κ1) is 37.7. The van der Waals surface area contributed by atoms with E-state index in [-0.39, 0.29) is 44.1 Å². The topological polar surface area (TPSA) is 235 Å². The fourth-order valence-corrected chi connectivity index (χ4v) is 0.253. The molecule has 0 saturated carbocycles. The van der Waals surface area contributed by atoms with Crippen LogP contribution >= 0.6 is 0 Å². The SMILES string of the molecule is N.N.N.N.O=C(O)CC(O)C(=O)O.[Zn]. The third kappa shape index (κ3) is 22.5. The summed E-state index contributed by atoms with van der Waals surface area (Å²) in [5.41, 5.74) is 0. The summed E-state index contributed by atoms with van der Waals surface area (Å²) >= 11 is 0. The second kappa shape index (κ2) is 18.2. The molecule has 0 saturated heterocycles. The molecule has 0 spiro atoms. The number of hydrogen-bond acceptors (Lipinski definition) is 7. The largest absolute Gasteiger partial charge is 0.481 e. The zero-order valence-corrected chi connectivity index (χ0v) is 10.9. The van der Waals surface area contributed by atoms with Gasteiger partial charge in [0.05, 0.1) is 6.42 Å². The molecule has 0 aliphatic carbocycles. The maximum atomic E-state index is 9.72. The van der Waals surface area contributed by atoms with E-state index in [0.717, 1.165) is 0 Å². The van der Waals surface area contributed by atoms with Crippen molar-refractivity contribution in [1.29, 1.82) is 0 Å². The van der Waals surface area contributed by atoms with E-state index in [4.69, 9.17) is 15.3 Å². The van der Waals surface area contributed by atoms with Crippen LogP contribution in [0.3, 0.4) is 0 Å². The third-order valence-electron chi connectivity index (χ3n) is 0.653. The standard InChI is InChI=1S/C4H6O5.4H3N.Zn/c5-2(4(8)9)1-3(6)7;;;;;/h2,5H,1H2,(H,6,7)(H,8,9);4*1H3;. The molecule has 86 valence electrons. The Labute approximate surface area is 94.0 Å². The summed E-state index contributed by atoms with van der Waals surface area (Å²) < 4.78 is 0. The molecular weight excluding hydrogens is 249 g/mol. The van der Waals surface area contributed by atoms with Crippen LogP contribution < -0.4 is 24.6 Å². The molecule has 0 aliphatic heterocycles. The molecule has 0 heterocycles. The first-order valence-corrected chi connectivity index (χ1v) is 2.16. The maximum absolute atomic E-state index is 9.72. The van der Waals surface area contributed by atoms with Gasteiger partial charge in [-0.3, -0.25) is 4.79 Å². The van der Waals surface area contributed by atoms with Gasteiger partial charge in [-0.25, -0.2) is 4.79 Å². The quantitative estimate of drug-likeness (QED) is 0.327. The van der Waals surface area contributed by atoms with Gasteiger partial charge in [0.25, 0.3) is 0 Å². The first-order valence-electron chi connectivity index (χ1n) is 2.16. The van der Waals surface area contributed by atoms with Gasteiger partial charge >= 0.3 is 11.9 Å². The second-order valence-corrected chi connectivity index (χ2v) is 1.45. The van der Waals surface area contributed by atoms with Crippen molar-refractivity contribution in [2.45, 2.75) is 12.5 Å². The second-order valence-electron chi connectivity index (χ2n) is 1.45. The molecule has 14 heavy (non-hydrogen) atoms. The van der Waals surface area contributed by atoms with Crippen molar-refractivity contribution in [3.8, 4) is 0 Å². The van der Waals surface area contributed by atoms with E-state index in [9.17, 15) is 9.59 Å². The smallest absolute Gasteiger partial charge is 0.333 e. The molecule has 0 fully saturated rings. The average Bonchev–Trinajstić information content (AvgIpc) is 1.63. The normalized spacial score (nSPS) is 8.07. The van der Waals surface area contributed by atoms with Gasteiger partial charge in [0, 0.05) is 19.5 Å². The Morgan fingerprint density at radius 2 is 1.29 bits per heavy atom. The van der Waals surface area contributed by atoms with Crippen LogP contribution in [0.4, 0.5) is 0 Å².